The first kappa shape index (κ1) is 12.3. The second kappa shape index (κ2) is 4.99. The average molecular weight is 254 g/mol. The highest BCUT2D eigenvalue weighted by molar-refractivity contribution is 5.78. The summed E-state index contributed by atoms with van der Waals surface area (Å²) in [6.07, 6.45) is 0.970. The smallest absolute Gasteiger partial charge is 0.272 e. The fraction of sp³-hybridized carbons (Fsp3) is 0.364. The van der Waals surface area contributed by atoms with E-state index in [2.05, 4.69) is 0 Å². The fourth-order valence-corrected chi connectivity index (χ4v) is 1.52. The lowest BCUT2D eigenvalue weighted by Crippen LogP contribution is -2.44. The van der Waals surface area contributed by atoms with E-state index in [1.54, 1.807) is 4.90 Å². The first-order chi connectivity index (χ1) is 8.58. The monoisotopic (exact) mass is 254 g/mol. The molecule has 0 bridgehead atoms. The summed E-state index contributed by atoms with van der Waals surface area (Å²) in [7, 11) is 0. The molecule has 2 rings (SSSR count). The highest BCUT2D eigenvalue weighted by Gasteiger charge is 2.21. The molecule has 0 aromatic heterocycles. The molecule has 1 aromatic rings. The van der Waals surface area contributed by atoms with Gasteiger partial charge in [0.05, 0.1) is 11.0 Å². The molecular formula is C11H11FN2O4. The van der Waals surface area contributed by atoms with Gasteiger partial charge in [-0.1, -0.05) is 0 Å². The molecule has 1 aromatic carbocycles. The molecule has 18 heavy (non-hydrogen) atoms. The Hall–Kier alpha value is -2.18. The lowest BCUT2D eigenvalue weighted by Gasteiger charge is -2.30. The van der Waals surface area contributed by atoms with Gasteiger partial charge in [0.15, 0.2) is 18.2 Å². The van der Waals surface area contributed by atoms with E-state index in [9.17, 15) is 19.3 Å². The van der Waals surface area contributed by atoms with Gasteiger partial charge in [-0.15, -0.1) is 0 Å². The number of nitrogens with zero attached hydrogens (tertiary/aromatic N) is 2. The van der Waals surface area contributed by atoms with Gasteiger partial charge in [0.25, 0.3) is 11.6 Å². The summed E-state index contributed by atoms with van der Waals surface area (Å²) in [5, 5.41) is 10.4. The maximum atomic E-state index is 13.4. The van der Waals surface area contributed by atoms with Crippen molar-refractivity contribution in [1.29, 1.82) is 0 Å². The van der Waals surface area contributed by atoms with Crippen LogP contribution in [0.25, 0.3) is 0 Å². The minimum atomic E-state index is -0.847. The lowest BCUT2D eigenvalue weighted by molar-refractivity contribution is -0.385. The number of benzene rings is 1. The van der Waals surface area contributed by atoms with Crippen molar-refractivity contribution in [3.63, 3.8) is 0 Å². The summed E-state index contributed by atoms with van der Waals surface area (Å²) in [6.45, 7) is 1.14. The fourth-order valence-electron chi connectivity index (χ4n) is 1.52. The zero-order chi connectivity index (χ0) is 13.1. The average Bonchev–Trinajstić information content (AvgIpc) is 2.24. The number of hydrogen-bond donors (Lipinski definition) is 0. The maximum absolute atomic E-state index is 13.4. The number of non-ortho nitro benzene ring substituents is 1. The van der Waals surface area contributed by atoms with Crippen LogP contribution in [-0.4, -0.2) is 35.4 Å². The highest BCUT2D eigenvalue weighted by atomic mass is 19.1. The molecule has 0 N–H and O–H groups in total. The first-order valence-electron chi connectivity index (χ1n) is 5.42. The molecule has 1 aliphatic heterocycles. The summed E-state index contributed by atoms with van der Waals surface area (Å²) >= 11 is 0. The minimum absolute atomic E-state index is 0.158. The van der Waals surface area contributed by atoms with Crippen LogP contribution in [0.5, 0.6) is 5.75 Å². The third-order valence-corrected chi connectivity index (χ3v) is 2.69. The van der Waals surface area contributed by atoms with E-state index >= 15 is 0 Å². The molecule has 96 valence electrons. The van der Waals surface area contributed by atoms with Crippen LogP contribution in [0.4, 0.5) is 10.1 Å². The van der Waals surface area contributed by atoms with Gasteiger partial charge in [-0.3, -0.25) is 14.9 Å². The van der Waals surface area contributed by atoms with Crippen molar-refractivity contribution >= 4 is 11.6 Å². The van der Waals surface area contributed by atoms with Crippen molar-refractivity contribution in [2.75, 3.05) is 19.7 Å². The molecular weight excluding hydrogens is 243 g/mol. The second-order valence-corrected chi connectivity index (χ2v) is 3.89. The van der Waals surface area contributed by atoms with E-state index in [1.165, 1.54) is 0 Å². The topological polar surface area (TPSA) is 72.7 Å². The van der Waals surface area contributed by atoms with E-state index in [-0.39, 0.29) is 24.0 Å². The van der Waals surface area contributed by atoms with E-state index in [1.807, 2.05) is 0 Å². The van der Waals surface area contributed by atoms with Crippen molar-refractivity contribution in [3.8, 4) is 5.75 Å². The van der Waals surface area contributed by atoms with Crippen LogP contribution in [0.2, 0.25) is 0 Å². The normalized spacial score (nSPS) is 13.9. The van der Waals surface area contributed by atoms with Gasteiger partial charge in [-0.2, -0.15) is 0 Å². The SMILES string of the molecule is O=C(COc1ccc([N+](=O)[O-])cc1F)N1CCC1. The number of amides is 1. The summed E-state index contributed by atoms with van der Waals surface area (Å²) in [5.74, 6) is -1.21. The van der Waals surface area contributed by atoms with Gasteiger partial charge in [0.1, 0.15) is 0 Å². The zero-order valence-corrected chi connectivity index (χ0v) is 9.47. The van der Waals surface area contributed by atoms with Crippen molar-refractivity contribution in [3.05, 3.63) is 34.1 Å². The van der Waals surface area contributed by atoms with E-state index < -0.39 is 10.7 Å². The van der Waals surface area contributed by atoms with Gasteiger partial charge >= 0.3 is 0 Å². The molecule has 0 spiro atoms. The summed E-state index contributed by atoms with van der Waals surface area (Å²) in [6, 6.07) is 3.05. The van der Waals surface area contributed by atoms with E-state index in [4.69, 9.17) is 4.74 Å². The lowest BCUT2D eigenvalue weighted by atomic mass is 10.2. The third kappa shape index (κ3) is 2.55. The number of carbonyl (C=O) groups is 1. The number of halogens is 1. The van der Waals surface area contributed by atoms with E-state index in [0.29, 0.717) is 13.1 Å². The Balaban J connectivity index is 1.96. The van der Waals surface area contributed by atoms with Crippen molar-refractivity contribution in [1.82, 2.24) is 4.90 Å². The van der Waals surface area contributed by atoms with Gasteiger partial charge < -0.3 is 9.64 Å². The molecule has 1 fully saturated rings. The molecule has 1 heterocycles. The maximum Gasteiger partial charge on any atom is 0.272 e. The largest absolute Gasteiger partial charge is 0.481 e. The number of likely N-dealkylation sites (tertiary alicyclic amines) is 1. The van der Waals surface area contributed by atoms with Crippen molar-refractivity contribution < 1.29 is 18.8 Å². The molecule has 0 atom stereocenters. The standard InChI is InChI=1S/C11H11FN2O4/c12-9-6-8(14(16)17)2-3-10(9)18-7-11(15)13-4-1-5-13/h2-3,6H,1,4-5,7H2. The van der Waals surface area contributed by atoms with Crippen LogP contribution < -0.4 is 4.74 Å². The predicted molar refractivity (Wildman–Crippen MR) is 59.7 cm³/mol. The number of rotatable bonds is 4. The van der Waals surface area contributed by atoms with Crippen LogP contribution in [0.15, 0.2) is 18.2 Å². The molecule has 1 aliphatic rings. The Kier molecular flexibility index (Phi) is 3.40. The van der Waals surface area contributed by atoms with Gasteiger partial charge in [0.2, 0.25) is 0 Å². The molecule has 0 unspecified atom stereocenters. The summed E-state index contributed by atoms with van der Waals surface area (Å²) < 4.78 is 18.4. The molecule has 0 radical (unpaired) electrons. The number of carbonyl (C=O) groups excluding carboxylic acids is 1. The Morgan fingerprint density at radius 2 is 2.22 bits per heavy atom. The van der Waals surface area contributed by atoms with Crippen molar-refractivity contribution in [2.45, 2.75) is 6.42 Å². The number of nitro benzene ring substituents is 1. The van der Waals surface area contributed by atoms with Crippen LogP contribution in [0, 0.1) is 15.9 Å². The van der Waals surface area contributed by atoms with Crippen LogP contribution >= 0.6 is 0 Å². The van der Waals surface area contributed by atoms with Crippen LogP contribution in [0.3, 0.4) is 0 Å². The minimum Gasteiger partial charge on any atom is -0.481 e. The molecule has 1 saturated heterocycles. The number of hydrogen-bond acceptors (Lipinski definition) is 4. The highest BCUT2D eigenvalue weighted by Crippen LogP contribution is 2.22. The summed E-state index contributed by atoms with van der Waals surface area (Å²) in [5.41, 5.74) is -0.353. The number of nitro groups is 1. The quantitative estimate of drug-likeness (QED) is 0.600. The van der Waals surface area contributed by atoms with Gasteiger partial charge in [0, 0.05) is 19.2 Å². The Morgan fingerprint density at radius 3 is 2.72 bits per heavy atom. The molecule has 1 amide bonds. The van der Waals surface area contributed by atoms with Crippen molar-refractivity contribution in [2.24, 2.45) is 0 Å². The van der Waals surface area contributed by atoms with Crippen LogP contribution in [0.1, 0.15) is 6.42 Å². The van der Waals surface area contributed by atoms with Crippen LogP contribution in [-0.2, 0) is 4.79 Å². The van der Waals surface area contributed by atoms with E-state index in [0.717, 1.165) is 24.6 Å². The first-order valence-corrected chi connectivity index (χ1v) is 5.42. The Bertz CT molecular complexity index is 488. The second-order valence-electron chi connectivity index (χ2n) is 3.89. The molecule has 6 nitrogen and oxygen atoms in total. The summed E-state index contributed by atoms with van der Waals surface area (Å²) in [4.78, 5) is 22.8. The Morgan fingerprint density at radius 1 is 1.50 bits per heavy atom. The molecule has 0 aliphatic carbocycles. The molecule has 7 heteroatoms. The molecule has 0 saturated carbocycles. The Labute approximate surface area is 102 Å². The number of ether oxygens (including phenoxy) is 1. The van der Waals surface area contributed by atoms with Gasteiger partial charge in [-0.05, 0) is 12.5 Å². The van der Waals surface area contributed by atoms with Gasteiger partial charge in [-0.25, -0.2) is 4.39 Å². The third-order valence-electron chi connectivity index (χ3n) is 2.69. The zero-order valence-electron chi connectivity index (χ0n) is 9.47. The predicted octanol–water partition coefficient (Wildman–Crippen LogP) is 1.34.